The molecule has 1 aliphatic carbocycles. The van der Waals surface area contributed by atoms with E-state index in [1.54, 1.807) is 6.20 Å². The minimum absolute atomic E-state index is 0.117. The third kappa shape index (κ3) is 3.32. The maximum absolute atomic E-state index is 4.69. The molecule has 1 aliphatic rings. The van der Waals surface area contributed by atoms with Crippen LogP contribution in [0, 0.1) is 0 Å². The van der Waals surface area contributed by atoms with Gasteiger partial charge in [0.15, 0.2) is 0 Å². The first-order valence-electron chi connectivity index (χ1n) is 14.3. The molecule has 3 aromatic heterocycles. The van der Waals surface area contributed by atoms with Crippen LogP contribution in [-0.4, -0.2) is 19.4 Å². The van der Waals surface area contributed by atoms with Gasteiger partial charge in [-0.2, -0.15) is 0 Å². The molecule has 4 heteroatoms. The molecule has 0 atom stereocenters. The Morgan fingerprint density at radius 3 is 1.95 bits per heavy atom. The van der Waals surface area contributed by atoms with Crippen molar-refractivity contribution in [1.82, 2.24) is 19.4 Å². The highest BCUT2D eigenvalue weighted by Gasteiger charge is 2.35. The number of hydrogen-bond acceptors (Lipinski definition) is 3. The van der Waals surface area contributed by atoms with Crippen LogP contribution >= 0.6 is 0 Å². The lowest BCUT2D eigenvalue weighted by Gasteiger charge is -2.23. The summed E-state index contributed by atoms with van der Waals surface area (Å²) in [5.74, 6) is 0.711. The van der Waals surface area contributed by atoms with Gasteiger partial charge in [-0.05, 0) is 103 Å². The Kier molecular flexibility index (Phi) is 4.64. The van der Waals surface area contributed by atoms with Crippen LogP contribution in [0.1, 0.15) is 25.0 Å². The van der Waals surface area contributed by atoms with E-state index in [0.717, 1.165) is 22.2 Å². The molecule has 3 heterocycles. The highest BCUT2D eigenvalue weighted by atomic mass is 15.1. The summed E-state index contributed by atoms with van der Waals surface area (Å²) < 4.78 is 1.96. The van der Waals surface area contributed by atoms with Gasteiger partial charge in [-0.3, -0.25) is 9.38 Å². The van der Waals surface area contributed by atoms with Crippen molar-refractivity contribution in [2.24, 2.45) is 0 Å². The Bertz CT molecular complexity index is 2350. The molecule has 198 valence electrons. The number of imidazole rings is 1. The maximum atomic E-state index is 4.69. The number of benzene rings is 5. The highest BCUT2D eigenvalue weighted by molar-refractivity contribution is 6.16. The molecule has 8 aromatic rings. The van der Waals surface area contributed by atoms with Crippen molar-refractivity contribution in [3.05, 3.63) is 133 Å². The summed E-state index contributed by atoms with van der Waals surface area (Å²) in [5.41, 5.74) is 10.6. The van der Waals surface area contributed by atoms with Gasteiger partial charge in [-0.1, -0.05) is 62.4 Å². The van der Waals surface area contributed by atoms with Crippen LogP contribution in [0.2, 0.25) is 0 Å². The summed E-state index contributed by atoms with van der Waals surface area (Å²) in [4.78, 5) is 13.6. The average Bonchev–Trinajstić information content (AvgIpc) is 3.57. The lowest BCUT2D eigenvalue weighted by Crippen LogP contribution is -2.15. The zero-order valence-electron chi connectivity index (χ0n) is 23.3. The number of rotatable bonds is 3. The van der Waals surface area contributed by atoms with E-state index in [0.29, 0.717) is 5.78 Å². The Morgan fingerprint density at radius 2 is 1.21 bits per heavy atom. The lowest BCUT2D eigenvalue weighted by molar-refractivity contribution is 0.663. The number of aromatic nitrogens is 4. The van der Waals surface area contributed by atoms with Gasteiger partial charge in [0, 0.05) is 41.2 Å². The molecular formula is C38H26N4. The second kappa shape index (κ2) is 8.34. The third-order valence-corrected chi connectivity index (χ3v) is 9.06. The van der Waals surface area contributed by atoms with Crippen molar-refractivity contribution in [1.29, 1.82) is 0 Å². The number of hydrogen-bond donors (Lipinski definition) is 0. The van der Waals surface area contributed by atoms with Crippen molar-refractivity contribution in [3.8, 4) is 33.5 Å². The molecule has 4 nitrogen and oxygen atoms in total. The van der Waals surface area contributed by atoms with Crippen LogP contribution in [0.15, 0.2) is 122 Å². The van der Waals surface area contributed by atoms with Crippen molar-refractivity contribution in [2.45, 2.75) is 19.3 Å². The van der Waals surface area contributed by atoms with E-state index < -0.39 is 0 Å². The lowest BCUT2D eigenvalue weighted by atomic mass is 9.80. The van der Waals surface area contributed by atoms with Crippen LogP contribution in [-0.2, 0) is 5.41 Å². The summed E-state index contributed by atoms with van der Waals surface area (Å²) >= 11 is 0. The summed E-state index contributed by atoms with van der Waals surface area (Å²) in [6.45, 7) is 4.74. The summed E-state index contributed by atoms with van der Waals surface area (Å²) in [7, 11) is 0. The second-order valence-corrected chi connectivity index (χ2v) is 11.9. The van der Waals surface area contributed by atoms with Gasteiger partial charge in [0.25, 0.3) is 0 Å². The van der Waals surface area contributed by atoms with E-state index >= 15 is 0 Å². The standard InChI is InChI=1S/C38H26N4/c1-38(2)31-20-29(23-6-8-24(9-7-23)34-22-42-16-4-15-40-37(42)41-34)18-27-10-11-28-19-30(21-32(38)36(28)35(27)31)25-12-13-33-26(17-25)5-3-14-39-33/h3-22H,1-2H3. The zero-order chi connectivity index (χ0) is 28.0. The molecule has 0 saturated carbocycles. The Hall–Kier alpha value is -5.35. The Morgan fingerprint density at radius 1 is 0.571 bits per heavy atom. The van der Waals surface area contributed by atoms with Crippen LogP contribution in [0.3, 0.4) is 0 Å². The fraction of sp³-hybridized carbons (Fsp3) is 0.0789. The molecule has 0 spiro atoms. The molecule has 0 unspecified atom stereocenters. The topological polar surface area (TPSA) is 43.1 Å². The second-order valence-electron chi connectivity index (χ2n) is 11.9. The monoisotopic (exact) mass is 538 g/mol. The molecule has 0 N–H and O–H groups in total. The van der Waals surface area contributed by atoms with Crippen molar-refractivity contribution in [2.75, 3.05) is 0 Å². The van der Waals surface area contributed by atoms with E-state index in [1.165, 1.54) is 54.9 Å². The van der Waals surface area contributed by atoms with Crippen LogP contribution in [0.25, 0.3) is 71.7 Å². The summed E-state index contributed by atoms with van der Waals surface area (Å²) in [6, 6.07) is 35.5. The predicted molar refractivity (Wildman–Crippen MR) is 172 cm³/mol. The molecule has 9 rings (SSSR count). The molecule has 0 aliphatic heterocycles. The van der Waals surface area contributed by atoms with Crippen molar-refractivity contribution in [3.63, 3.8) is 0 Å². The fourth-order valence-corrected chi connectivity index (χ4v) is 6.85. The van der Waals surface area contributed by atoms with Gasteiger partial charge in [0.2, 0.25) is 5.78 Å². The first kappa shape index (κ1) is 23.4. The quantitative estimate of drug-likeness (QED) is 0.211. The van der Waals surface area contributed by atoms with E-state index in [4.69, 9.17) is 4.98 Å². The SMILES string of the molecule is CC1(C)c2cc(-c3ccc(-c4cn5cccnc5n4)cc3)cc3ccc4cc(-c5ccc6ncccc6c5)cc1c4c23. The minimum Gasteiger partial charge on any atom is -0.291 e. The first-order chi connectivity index (χ1) is 20.5. The Labute approximate surface area is 243 Å². The van der Waals surface area contributed by atoms with Gasteiger partial charge in [-0.15, -0.1) is 0 Å². The van der Waals surface area contributed by atoms with Crippen LogP contribution < -0.4 is 0 Å². The van der Waals surface area contributed by atoms with Gasteiger partial charge in [0.05, 0.1) is 11.2 Å². The average molecular weight is 539 g/mol. The van der Waals surface area contributed by atoms with Gasteiger partial charge in [-0.25, -0.2) is 9.97 Å². The number of pyridine rings is 1. The van der Waals surface area contributed by atoms with Crippen molar-refractivity contribution >= 4 is 38.2 Å². The van der Waals surface area contributed by atoms with E-state index in [1.807, 2.05) is 35.1 Å². The van der Waals surface area contributed by atoms with Gasteiger partial charge >= 0.3 is 0 Å². The molecular weight excluding hydrogens is 512 g/mol. The summed E-state index contributed by atoms with van der Waals surface area (Å²) in [6.07, 6.45) is 7.63. The molecule has 5 aromatic carbocycles. The molecule has 0 saturated heterocycles. The Balaban J connectivity index is 1.15. The number of fused-ring (bicyclic) bond motifs is 2. The third-order valence-electron chi connectivity index (χ3n) is 9.06. The highest BCUT2D eigenvalue weighted by Crippen LogP contribution is 2.51. The van der Waals surface area contributed by atoms with Gasteiger partial charge < -0.3 is 0 Å². The van der Waals surface area contributed by atoms with E-state index in [2.05, 4.69) is 109 Å². The zero-order valence-corrected chi connectivity index (χ0v) is 23.3. The van der Waals surface area contributed by atoms with Crippen LogP contribution in [0.5, 0.6) is 0 Å². The van der Waals surface area contributed by atoms with Crippen LogP contribution in [0.4, 0.5) is 0 Å². The van der Waals surface area contributed by atoms with E-state index in [9.17, 15) is 0 Å². The van der Waals surface area contributed by atoms with E-state index in [-0.39, 0.29) is 5.41 Å². The maximum Gasteiger partial charge on any atom is 0.234 e. The molecule has 0 amide bonds. The fourth-order valence-electron chi connectivity index (χ4n) is 6.85. The molecule has 0 fully saturated rings. The first-order valence-corrected chi connectivity index (χ1v) is 14.3. The predicted octanol–water partition coefficient (Wildman–Crippen LogP) is 9.22. The normalized spacial score (nSPS) is 13.7. The largest absolute Gasteiger partial charge is 0.291 e. The molecule has 0 bridgehead atoms. The van der Waals surface area contributed by atoms with Gasteiger partial charge in [0.1, 0.15) is 0 Å². The van der Waals surface area contributed by atoms with Crippen molar-refractivity contribution < 1.29 is 0 Å². The summed E-state index contributed by atoms with van der Waals surface area (Å²) in [5, 5.41) is 6.53. The minimum atomic E-state index is -0.117. The molecule has 0 radical (unpaired) electrons. The number of nitrogens with zero attached hydrogens (tertiary/aromatic N) is 4. The smallest absolute Gasteiger partial charge is 0.234 e. The molecule has 42 heavy (non-hydrogen) atoms.